The Hall–Kier alpha value is 0.654. The van der Waals surface area contributed by atoms with Crippen LogP contribution in [0.3, 0.4) is 0 Å². The molecule has 1 rings (SSSR count). The topological polar surface area (TPSA) is 0 Å². The molecule has 0 bridgehead atoms. The molecule has 0 aromatic rings. The van der Waals surface area contributed by atoms with Gasteiger partial charge in [-0.3, -0.25) is 0 Å². The average Bonchev–Trinajstić information content (AvgIpc) is 2.76. The molecule has 0 radical (unpaired) electrons. The molecular weight excluding hydrogens is 352 g/mol. The number of hydrogen-bond acceptors (Lipinski definition) is 0. The van der Waals surface area contributed by atoms with Gasteiger partial charge in [0.15, 0.2) is 6.21 Å². The van der Waals surface area contributed by atoms with Crippen molar-refractivity contribution in [2.45, 2.75) is 104 Å². The van der Waals surface area contributed by atoms with Crippen LogP contribution in [0.15, 0.2) is 10.4 Å². The van der Waals surface area contributed by atoms with Crippen LogP contribution in [0.5, 0.6) is 0 Å². The Morgan fingerprint density at radius 1 is 0.714 bits per heavy atom. The lowest BCUT2D eigenvalue weighted by Gasteiger charge is -2.62. The van der Waals surface area contributed by atoms with E-state index >= 15 is 0 Å². The molecule has 21 heavy (non-hydrogen) atoms. The summed E-state index contributed by atoms with van der Waals surface area (Å²) < 4.78 is 0. The number of allylic oxidation sites excluding steroid dienone is 2. The summed E-state index contributed by atoms with van der Waals surface area (Å²) in [5.41, 5.74) is 0. The lowest BCUT2D eigenvalue weighted by molar-refractivity contribution is 0.554. The molecule has 124 valence electrons. The molecule has 3 heteroatoms. The Morgan fingerprint density at radius 2 is 0.952 bits per heavy atom. The van der Waals surface area contributed by atoms with Gasteiger partial charge in [0.2, 0.25) is 0 Å². The van der Waals surface area contributed by atoms with Crippen molar-refractivity contribution in [2.75, 3.05) is 0 Å². The first-order valence-corrected chi connectivity index (χ1v) is 15.8. The summed E-state index contributed by atoms with van der Waals surface area (Å²) >= 11 is 4.50. The summed E-state index contributed by atoms with van der Waals surface area (Å²) in [4.78, 5) is 0. The van der Waals surface area contributed by atoms with Gasteiger partial charge in [-0.05, 0) is 28.0 Å². The van der Waals surface area contributed by atoms with Crippen LogP contribution in [-0.4, -0.2) is 13.8 Å². The Kier molecular flexibility index (Phi) is 5.01. The predicted molar refractivity (Wildman–Crippen MR) is 107 cm³/mol. The van der Waals surface area contributed by atoms with E-state index in [4.69, 9.17) is 0 Å². The smallest absolute Gasteiger partial charge is 0.118 e. The van der Waals surface area contributed by atoms with Crippen LogP contribution in [0.25, 0.3) is 0 Å². The Morgan fingerprint density at radius 3 is 1.10 bits per heavy atom. The van der Waals surface area contributed by atoms with Crippen molar-refractivity contribution in [3.8, 4) is 0 Å². The van der Waals surface area contributed by atoms with Crippen molar-refractivity contribution in [3.05, 3.63) is 10.4 Å². The van der Waals surface area contributed by atoms with E-state index in [0.29, 0.717) is 15.1 Å². The SMILES string of the molecule is CCC1=C(CC)[Si]1(Br)[Si](C(C)(C)C)(C(C)(C)C)C(C)(C)C. The highest BCUT2D eigenvalue weighted by Gasteiger charge is 2.77. The quantitative estimate of drug-likeness (QED) is 0.347. The standard InChI is InChI=1S/C18H37BrSi2/c1-12-14-15(13-2)20(14,19)21(16(3,4)5,17(6,7)8)18(9,10)11/h12-13H2,1-11H3. The summed E-state index contributed by atoms with van der Waals surface area (Å²) in [5, 5.41) is 4.91. The highest BCUT2D eigenvalue weighted by Crippen LogP contribution is 2.73. The Balaban J connectivity index is 3.72. The van der Waals surface area contributed by atoms with Gasteiger partial charge in [-0.15, -0.1) is 15.3 Å². The number of rotatable bonds is 3. The normalized spacial score (nSPS) is 20.0. The molecule has 0 saturated carbocycles. The molecule has 0 aromatic heterocycles. The van der Waals surface area contributed by atoms with Gasteiger partial charge in [0.05, 0.1) is 7.59 Å². The van der Waals surface area contributed by atoms with E-state index in [1.54, 1.807) is 0 Å². The van der Waals surface area contributed by atoms with Crippen LogP contribution in [0, 0.1) is 0 Å². The molecule has 0 amide bonds. The molecule has 0 fully saturated rings. The molecule has 0 aliphatic carbocycles. The monoisotopic (exact) mass is 388 g/mol. The van der Waals surface area contributed by atoms with Crippen LogP contribution in [-0.2, 0) is 0 Å². The Labute approximate surface area is 143 Å². The van der Waals surface area contributed by atoms with Crippen molar-refractivity contribution in [2.24, 2.45) is 0 Å². The fraction of sp³-hybridized carbons (Fsp3) is 0.889. The molecule has 1 heterocycles. The second-order valence-corrected chi connectivity index (χ2v) is 28.6. The van der Waals surface area contributed by atoms with E-state index < -0.39 is 13.8 Å². The molecule has 0 saturated heterocycles. The van der Waals surface area contributed by atoms with Crippen LogP contribution < -0.4 is 0 Å². The van der Waals surface area contributed by atoms with Gasteiger partial charge in [-0.25, -0.2) is 0 Å². The first-order chi connectivity index (χ1) is 9.14. The maximum Gasteiger partial charge on any atom is 0.173 e. The molecule has 1 aliphatic rings. The summed E-state index contributed by atoms with van der Waals surface area (Å²) in [6.07, 6.45) is 0.956. The van der Waals surface area contributed by atoms with E-state index in [0.717, 1.165) is 0 Å². The fourth-order valence-corrected chi connectivity index (χ4v) is 53.4. The number of halogens is 1. The second kappa shape index (κ2) is 5.34. The number of hydrogen-bond donors (Lipinski definition) is 0. The molecule has 0 N–H and O–H groups in total. The first-order valence-electron chi connectivity index (χ1n) is 8.56. The van der Waals surface area contributed by atoms with Gasteiger partial charge in [-0.1, -0.05) is 86.6 Å². The van der Waals surface area contributed by atoms with Gasteiger partial charge in [-0.2, -0.15) is 0 Å². The minimum absolute atomic E-state index is 0.399. The van der Waals surface area contributed by atoms with Crippen molar-refractivity contribution in [3.63, 3.8) is 0 Å². The van der Waals surface area contributed by atoms with Crippen molar-refractivity contribution in [1.82, 2.24) is 0 Å². The highest BCUT2D eigenvalue weighted by molar-refractivity contribution is 9.29. The fourth-order valence-electron chi connectivity index (χ4n) is 6.65. The molecule has 0 nitrogen and oxygen atoms in total. The van der Waals surface area contributed by atoms with Crippen LogP contribution >= 0.6 is 15.3 Å². The maximum absolute atomic E-state index is 4.50. The molecular formula is C18H37BrSi2. The van der Waals surface area contributed by atoms with E-state index in [-0.39, 0.29) is 0 Å². The lowest BCUT2D eigenvalue weighted by Crippen LogP contribution is -2.70. The largest absolute Gasteiger partial charge is 0.173 e. The highest BCUT2D eigenvalue weighted by atomic mass is 79.9. The van der Waals surface area contributed by atoms with E-state index in [1.165, 1.54) is 12.8 Å². The summed E-state index contributed by atoms with van der Waals surface area (Å²) in [6, 6.07) is 0. The molecule has 1 aliphatic heterocycles. The zero-order chi connectivity index (χ0) is 17.1. The van der Waals surface area contributed by atoms with E-state index in [2.05, 4.69) is 91.5 Å². The van der Waals surface area contributed by atoms with Crippen LogP contribution in [0.4, 0.5) is 0 Å². The van der Waals surface area contributed by atoms with Crippen molar-refractivity contribution < 1.29 is 0 Å². The molecule has 0 unspecified atom stereocenters. The van der Waals surface area contributed by atoms with Gasteiger partial charge in [0, 0.05) is 0 Å². The summed E-state index contributed by atoms with van der Waals surface area (Å²) in [7, 11) is -1.68. The first kappa shape index (κ1) is 19.7. The van der Waals surface area contributed by atoms with Gasteiger partial charge < -0.3 is 0 Å². The minimum atomic E-state index is -1.68. The predicted octanol–water partition coefficient (Wildman–Crippen LogP) is 7.46. The summed E-state index contributed by atoms with van der Waals surface area (Å²) in [5.74, 6) is 0. The third-order valence-electron chi connectivity index (χ3n) is 5.73. The summed E-state index contributed by atoms with van der Waals surface area (Å²) in [6.45, 7) is 27.5. The molecule has 0 aromatic carbocycles. The van der Waals surface area contributed by atoms with Gasteiger partial charge in [0.1, 0.15) is 0 Å². The zero-order valence-electron chi connectivity index (χ0n) is 16.3. The van der Waals surface area contributed by atoms with Crippen LogP contribution in [0.1, 0.15) is 89.0 Å². The van der Waals surface area contributed by atoms with Gasteiger partial charge >= 0.3 is 0 Å². The van der Waals surface area contributed by atoms with Gasteiger partial charge in [0.25, 0.3) is 0 Å². The average molecular weight is 390 g/mol. The van der Waals surface area contributed by atoms with Crippen LogP contribution in [0.2, 0.25) is 15.1 Å². The molecule has 0 spiro atoms. The Bertz CT molecular complexity index is 391. The van der Waals surface area contributed by atoms with Crippen molar-refractivity contribution >= 4 is 29.1 Å². The third-order valence-corrected chi connectivity index (χ3v) is 36.1. The van der Waals surface area contributed by atoms with E-state index in [9.17, 15) is 0 Å². The zero-order valence-corrected chi connectivity index (χ0v) is 19.9. The lowest BCUT2D eigenvalue weighted by atomic mass is 10.2. The maximum atomic E-state index is 4.50. The third kappa shape index (κ3) is 2.41. The van der Waals surface area contributed by atoms with E-state index in [1.807, 2.05) is 10.4 Å². The van der Waals surface area contributed by atoms with Crippen molar-refractivity contribution in [1.29, 1.82) is 0 Å². The minimum Gasteiger partial charge on any atom is -0.118 e. The second-order valence-electron chi connectivity index (χ2n) is 9.82. The molecule has 0 atom stereocenters.